The summed E-state index contributed by atoms with van der Waals surface area (Å²) in [6, 6.07) is 13.8. The van der Waals surface area contributed by atoms with Crippen LogP contribution in [0.1, 0.15) is 55.8 Å². The van der Waals surface area contributed by atoms with E-state index in [0.717, 1.165) is 36.9 Å². The molecule has 29 heavy (non-hydrogen) atoms. The van der Waals surface area contributed by atoms with E-state index in [4.69, 9.17) is 0 Å². The zero-order valence-electron chi connectivity index (χ0n) is 17.4. The highest BCUT2D eigenvalue weighted by atomic mass is 16.2. The van der Waals surface area contributed by atoms with Gasteiger partial charge in [-0.25, -0.2) is 0 Å². The Morgan fingerprint density at radius 1 is 1.14 bits per heavy atom. The molecule has 1 aliphatic carbocycles. The van der Waals surface area contributed by atoms with Crippen molar-refractivity contribution in [2.24, 2.45) is 5.92 Å². The van der Waals surface area contributed by atoms with E-state index in [1.54, 1.807) is 6.20 Å². The van der Waals surface area contributed by atoms with Gasteiger partial charge >= 0.3 is 0 Å². The second-order valence-corrected chi connectivity index (χ2v) is 8.16. The van der Waals surface area contributed by atoms with E-state index in [2.05, 4.69) is 29.4 Å². The summed E-state index contributed by atoms with van der Waals surface area (Å²) >= 11 is 0. The van der Waals surface area contributed by atoms with Gasteiger partial charge in [-0.2, -0.15) is 0 Å². The molecule has 1 fully saturated rings. The summed E-state index contributed by atoms with van der Waals surface area (Å²) < 4.78 is 0. The van der Waals surface area contributed by atoms with Crippen LogP contribution in [0, 0.1) is 12.8 Å². The van der Waals surface area contributed by atoms with Crippen molar-refractivity contribution in [2.75, 3.05) is 0 Å². The molecule has 2 amide bonds. The summed E-state index contributed by atoms with van der Waals surface area (Å²) in [6.45, 7) is 4.95. The molecule has 1 atom stereocenters. The number of nitrogens with zero attached hydrogens (tertiary/aromatic N) is 2. The molecule has 0 spiro atoms. The molecule has 0 bridgehead atoms. The van der Waals surface area contributed by atoms with E-state index < -0.39 is 0 Å². The second-order valence-electron chi connectivity index (χ2n) is 8.16. The van der Waals surface area contributed by atoms with Crippen LogP contribution in [0.4, 0.5) is 0 Å². The fraction of sp³-hybridized carbons (Fsp3) is 0.458. The molecule has 1 heterocycles. The zero-order chi connectivity index (χ0) is 20.6. The van der Waals surface area contributed by atoms with Crippen LogP contribution >= 0.6 is 0 Å². The lowest BCUT2D eigenvalue weighted by Crippen LogP contribution is -2.41. The highest BCUT2D eigenvalue weighted by Crippen LogP contribution is 2.25. The second kappa shape index (κ2) is 10.2. The van der Waals surface area contributed by atoms with Crippen LogP contribution in [0.25, 0.3) is 0 Å². The maximum absolute atomic E-state index is 13.1. The Labute approximate surface area is 173 Å². The fourth-order valence-corrected chi connectivity index (χ4v) is 3.94. The number of aryl methyl sites for hydroxylation is 1. The molecular weight excluding hydrogens is 362 g/mol. The van der Waals surface area contributed by atoms with E-state index in [-0.39, 0.29) is 30.2 Å². The third kappa shape index (κ3) is 6.41. The molecule has 2 aromatic rings. The van der Waals surface area contributed by atoms with Crippen molar-refractivity contribution in [3.63, 3.8) is 0 Å². The highest BCUT2D eigenvalue weighted by molar-refractivity contribution is 5.81. The first-order valence-electron chi connectivity index (χ1n) is 10.5. The number of aromatic nitrogens is 1. The van der Waals surface area contributed by atoms with Gasteiger partial charge in [0.15, 0.2) is 0 Å². The molecule has 1 aromatic heterocycles. The molecule has 1 saturated carbocycles. The van der Waals surface area contributed by atoms with Crippen LogP contribution in [0.5, 0.6) is 0 Å². The minimum Gasteiger partial charge on any atom is -0.353 e. The number of hydrogen-bond donors (Lipinski definition) is 1. The average molecular weight is 394 g/mol. The summed E-state index contributed by atoms with van der Waals surface area (Å²) in [4.78, 5) is 31.7. The number of amides is 2. The third-order valence-electron chi connectivity index (χ3n) is 5.48. The minimum atomic E-state index is -0.181. The lowest BCUT2D eigenvalue weighted by atomic mass is 10.1. The monoisotopic (exact) mass is 393 g/mol. The largest absolute Gasteiger partial charge is 0.353 e. The molecular formula is C24H31N3O2. The van der Waals surface area contributed by atoms with Gasteiger partial charge < -0.3 is 10.2 Å². The van der Waals surface area contributed by atoms with Crippen molar-refractivity contribution in [1.29, 1.82) is 0 Å². The predicted molar refractivity (Wildman–Crippen MR) is 114 cm³/mol. The Balaban J connectivity index is 1.65. The summed E-state index contributed by atoms with van der Waals surface area (Å²) in [5.74, 6) is 0.235. The van der Waals surface area contributed by atoms with Crippen molar-refractivity contribution in [3.8, 4) is 0 Å². The first-order valence-corrected chi connectivity index (χ1v) is 10.5. The zero-order valence-corrected chi connectivity index (χ0v) is 17.4. The minimum absolute atomic E-state index is 0.0244. The normalized spacial score (nSPS) is 15.1. The molecule has 154 valence electrons. The smallest absolute Gasteiger partial charge is 0.225 e. The number of rotatable bonds is 8. The van der Waals surface area contributed by atoms with Crippen LogP contribution in [-0.4, -0.2) is 27.7 Å². The van der Waals surface area contributed by atoms with Gasteiger partial charge in [0.2, 0.25) is 11.8 Å². The molecule has 1 aliphatic rings. The first-order chi connectivity index (χ1) is 14.0. The molecule has 1 aromatic carbocycles. The molecule has 5 heteroatoms. The highest BCUT2D eigenvalue weighted by Gasteiger charge is 2.25. The van der Waals surface area contributed by atoms with E-state index in [0.29, 0.717) is 13.1 Å². The average Bonchev–Trinajstić information content (AvgIpc) is 3.23. The molecule has 0 saturated heterocycles. The number of carbonyl (C=O) groups excluding carboxylic acids is 2. The molecule has 3 rings (SSSR count). The number of benzene rings is 1. The van der Waals surface area contributed by atoms with Gasteiger partial charge in [-0.15, -0.1) is 0 Å². The molecule has 5 nitrogen and oxygen atoms in total. The van der Waals surface area contributed by atoms with Crippen LogP contribution in [0.15, 0.2) is 48.7 Å². The number of nitrogens with one attached hydrogen (secondary N) is 1. The van der Waals surface area contributed by atoms with Gasteiger partial charge in [-0.05, 0) is 44.4 Å². The van der Waals surface area contributed by atoms with E-state index in [1.807, 2.05) is 42.2 Å². The summed E-state index contributed by atoms with van der Waals surface area (Å²) in [5, 5.41) is 3.04. The summed E-state index contributed by atoms with van der Waals surface area (Å²) in [5.41, 5.74) is 3.12. The number of pyridine rings is 1. The Kier molecular flexibility index (Phi) is 7.39. The predicted octanol–water partition coefficient (Wildman–Crippen LogP) is 4.00. The van der Waals surface area contributed by atoms with Crippen LogP contribution in [0.2, 0.25) is 0 Å². The van der Waals surface area contributed by atoms with E-state index in [9.17, 15) is 9.59 Å². The van der Waals surface area contributed by atoms with Gasteiger partial charge in [0.25, 0.3) is 0 Å². The van der Waals surface area contributed by atoms with Crippen molar-refractivity contribution >= 4 is 11.8 Å². The standard InChI is InChI=1S/C24H31N3O2/c1-18-8-7-9-20(14-18)16-27(17-22-12-5-6-13-25-22)23(28)15-19(2)26-24(29)21-10-3-4-11-21/h5-9,12-14,19,21H,3-4,10-11,15-17H2,1-2H3,(H,26,29). The van der Waals surface area contributed by atoms with Gasteiger partial charge in [-0.1, -0.05) is 48.7 Å². The maximum Gasteiger partial charge on any atom is 0.225 e. The van der Waals surface area contributed by atoms with Gasteiger partial charge in [0.05, 0.1) is 12.2 Å². The number of carbonyl (C=O) groups is 2. The lowest BCUT2D eigenvalue weighted by Gasteiger charge is -2.25. The topological polar surface area (TPSA) is 62.3 Å². The third-order valence-corrected chi connectivity index (χ3v) is 5.48. The Hall–Kier alpha value is -2.69. The first kappa shape index (κ1) is 21.0. The summed E-state index contributed by atoms with van der Waals surface area (Å²) in [6.07, 6.45) is 6.21. The van der Waals surface area contributed by atoms with E-state index in [1.165, 1.54) is 5.56 Å². The Morgan fingerprint density at radius 3 is 2.62 bits per heavy atom. The van der Waals surface area contributed by atoms with Crippen molar-refractivity contribution in [3.05, 3.63) is 65.5 Å². The Morgan fingerprint density at radius 2 is 1.93 bits per heavy atom. The van der Waals surface area contributed by atoms with Crippen molar-refractivity contribution < 1.29 is 9.59 Å². The fourth-order valence-electron chi connectivity index (χ4n) is 3.94. The summed E-state index contributed by atoms with van der Waals surface area (Å²) in [7, 11) is 0. The van der Waals surface area contributed by atoms with Crippen LogP contribution in [0.3, 0.4) is 0 Å². The van der Waals surface area contributed by atoms with Crippen LogP contribution < -0.4 is 5.32 Å². The van der Waals surface area contributed by atoms with Crippen LogP contribution in [-0.2, 0) is 22.7 Å². The van der Waals surface area contributed by atoms with Crippen molar-refractivity contribution in [1.82, 2.24) is 15.2 Å². The maximum atomic E-state index is 13.1. The van der Waals surface area contributed by atoms with Gasteiger partial charge in [-0.3, -0.25) is 14.6 Å². The molecule has 0 aliphatic heterocycles. The lowest BCUT2D eigenvalue weighted by molar-refractivity contribution is -0.133. The molecule has 1 N–H and O–H groups in total. The quantitative estimate of drug-likeness (QED) is 0.737. The van der Waals surface area contributed by atoms with Gasteiger partial charge in [0, 0.05) is 31.1 Å². The SMILES string of the molecule is Cc1cccc(CN(Cc2ccccn2)C(=O)CC(C)NC(=O)C2CCCC2)c1. The van der Waals surface area contributed by atoms with E-state index >= 15 is 0 Å². The van der Waals surface area contributed by atoms with Gasteiger partial charge in [0.1, 0.15) is 0 Å². The number of hydrogen-bond acceptors (Lipinski definition) is 3. The molecule has 0 radical (unpaired) electrons. The Bertz CT molecular complexity index is 816. The molecule has 1 unspecified atom stereocenters. The van der Waals surface area contributed by atoms with Crippen molar-refractivity contribution in [2.45, 2.75) is 65.1 Å².